The average Bonchev–Trinajstić information content (AvgIpc) is 2.78. The van der Waals surface area contributed by atoms with Crippen LogP contribution in [0.15, 0.2) is 35.3 Å². The molecule has 3 rings (SSSR count). The molecular weight excluding hydrogens is 210 g/mol. The van der Waals surface area contributed by atoms with Gasteiger partial charge in [0.1, 0.15) is 11.5 Å². The van der Waals surface area contributed by atoms with E-state index in [1.807, 2.05) is 12.3 Å². The van der Waals surface area contributed by atoms with E-state index in [0.717, 1.165) is 30.9 Å². The Morgan fingerprint density at radius 3 is 2.82 bits per heavy atom. The highest BCUT2D eigenvalue weighted by atomic mass is 15.1. The zero-order valence-corrected chi connectivity index (χ0v) is 9.93. The first kappa shape index (κ1) is 10.3. The van der Waals surface area contributed by atoms with Crippen LogP contribution < -0.4 is 0 Å². The predicted molar refractivity (Wildman–Crippen MR) is 69.1 cm³/mol. The van der Waals surface area contributed by atoms with Gasteiger partial charge in [-0.3, -0.25) is 9.56 Å². The van der Waals surface area contributed by atoms with Gasteiger partial charge in [-0.1, -0.05) is 25.1 Å². The Labute approximate surface area is 101 Å². The van der Waals surface area contributed by atoms with Gasteiger partial charge in [0.05, 0.1) is 5.69 Å². The minimum Gasteiger partial charge on any atom is -0.300 e. The van der Waals surface area contributed by atoms with Crippen molar-refractivity contribution in [3.05, 3.63) is 47.5 Å². The number of para-hydroxylation sites is 1. The Morgan fingerprint density at radius 2 is 2.06 bits per heavy atom. The highest BCUT2D eigenvalue weighted by Gasteiger charge is 2.17. The van der Waals surface area contributed by atoms with E-state index in [1.54, 1.807) is 0 Å². The average molecular weight is 225 g/mol. The molecule has 0 atom stereocenters. The van der Waals surface area contributed by atoms with Crippen molar-refractivity contribution < 1.29 is 0 Å². The van der Waals surface area contributed by atoms with Gasteiger partial charge in [0.15, 0.2) is 0 Å². The van der Waals surface area contributed by atoms with E-state index in [-0.39, 0.29) is 0 Å². The number of imidazole rings is 1. The molecule has 0 aliphatic carbocycles. The predicted octanol–water partition coefficient (Wildman–Crippen LogP) is 2.41. The molecule has 0 unspecified atom stereocenters. The minimum absolute atomic E-state index is 0.870. The zero-order valence-electron chi connectivity index (χ0n) is 9.93. The monoisotopic (exact) mass is 225 g/mol. The van der Waals surface area contributed by atoms with Gasteiger partial charge in [-0.05, 0) is 12.1 Å². The quantitative estimate of drug-likeness (QED) is 0.772. The second kappa shape index (κ2) is 4.17. The summed E-state index contributed by atoms with van der Waals surface area (Å²) in [6.45, 7) is 3.01. The highest BCUT2D eigenvalue weighted by molar-refractivity contribution is 5.80. The summed E-state index contributed by atoms with van der Waals surface area (Å²) in [6.07, 6.45) is 3.82. The van der Waals surface area contributed by atoms with E-state index >= 15 is 0 Å². The Balaban J connectivity index is 2.21. The molecule has 0 spiro atoms. The molecule has 2 aromatic rings. The Kier molecular flexibility index (Phi) is 2.52. The molecule has 0 bridgehead atoms. The molecule has 0 radical (unpaired) electrons. The normalized spacial score (nSPS) is 13.7. The molecule has 1 aromatic carbocycles. The van der Waals surface area contributed by atoms with E-state index < -0.39 is 0 Å². The molecule has 3 nitrogen and oxygen atoms in total. The van der Waals surface area contributed by atoms with Crippen LogP contribution in [0.5, 0.6) is 0 Å². The first-order valence-corrected chi connectivity index (χ1v) is 6.06. The Hall–Kier alpha value is -1.90. The maximum atomic E-state index is 4.66. The van der Waals surface area contributed by atoms with E-state index in [9.17, 15) is 0 Å². The lowest BCUT2D eigenvalue weighted by Crippen LogP contribution is -2.09. The number of rotatable bonds is 2. The maximum Gasteiger partial charge on any atom is 0.113 e. The lowest BCUT2D eigenvalue weighted by atomic mass is 10.2. The van der Waals surface area contributed by atoms with Crippen LogP contribution >= 0.6 is 0 Å². The number of aliphatic imine (C=N–C) groups is 1. The summed E-state index contributed by atoms with van der Waals surface area (Å²) < 4.78 is 2.28. The fourth-order valence-electron chi connectivity index (χ4n) is 2.31. The van der Waals surface area contributed by atoms with Crippen LogP contribution in [0.1, 0.15) is 24.1 Å². The van der Waals surface area contributed by atoms with E-state index in [4.69, 9.17) is 0 Å². The minimum atomic E-state index is 0.870. The number of nitrogens with zero attached hydrogens (tertiary/aromatic N) is 3. The molecule has 0 N–H and O–H groups in total. The van der Waals surface area contributed by atoms with Gasteiger partial charge in [-0.15, -0.1) is 0 Å². The number of aromatic nitrogens is 2. The highest BCUT2D eigenvalue weighted by Crippen LogP contribution is 2.20. The van der Waals surface area contributed by atoms with Gasteiger partial charge in [-0.2, -0.15) is 0 Å². The lowest BCUT2D eigenvalue weighted by Gasteiger charge is -2.12. The number of fused-ring (bicyclic) bond motifs is 1. The van der Waals surface area contributed by atoms with Crippen LogP contribution in [0.25, 0.3) is 5.69 Å². The maximum absolute atomic E-state index is 4.66. The number of benzene rings is 1. The second-order valence-corrected chi connectivity index (χ2v) is 4.17. The van der Waals surface area contributed by atoms with Crippen LogP contribution in [-0.2, 0) is 12.8 Å². The molecule has 1 aliphatic heterocycles. The molecule has 0 saturated heterocycles. The van der Waals surface area contributed by atoms with Gasteiger partial charge in [0, 0.05) is 31.3 Å². The Morgan fingerprint density at radius 1 is 1.24 bits per heavy atom. The molecule has 2 heterocycles. The van der Waals surface area contributed by atoms with Crippen LogP contribution in [-0.4, -0.2) is 22.3 Å². The van der Waals surface area contributed by atoms with Gasteiger partial charge >= 0.3 is 0 Å². The third-order valence-corrected chi connectivity index (χ3v) is 3.10. The summed E-state index contributed by atoms with van der Waals surface area (Å²) in [5.41, 5.74) is 3.54. The molecule has 0 amide bonds. The van der Waals surface area contributed by atoms with E-state index in [1.165, 1.54) is 11.4 Å². The summed E-state index contributed by atoms with van der Waals surface area (Å²) in [5, 5.41) is 0. The molecule has 0 saturated carbocycles. The molecule has 17 heavy (non-hydrogen) atoms. The van der Waals surface area contributed by atoms with Gasteiger partial charge in [0.2, 0.25) is 0 Å². The van der Waals surface area contributed by atoms with Crippen molar-refractivity contribution in [3.8, 4) is 5.69 Å². The summed E-state index contributed by atoms with van der Waals surface area (Å²) >= 11 is 0. The van der Waals surface area contributed by atoms with E-state index in [2.05, 4.69) is 45.7 Å². The number of hydrogen-bond acceptors (Lipinski definition) is 2. The van der Waals surface area contributed by atoms with Crippen LogP contribution in [0.3, 0.4) is 0 Å². The van der Waals surface area contributed by atoms with Gasteiger partial charge < -0.3 is 0 Å². The SMILES string of the molecule is CCc1nc2c(n1-c1ccccc1)CCN=C2. The van der Waals surface area contributed by atoms with Gasteiger partial charge in [0.25, 0.3) is 0 Å². The first-order chi connectivity index (χ1) is 8.40. The fourth-order valence-corrected chi connectivity index (χ4v) is 2.31. The first-order valence-electron chi connectivity index (χ1n) is 6.06. The van der Waals surface area contributed by atoms with Gasteiger partial charge in [-0.25, -0.2) is 4.98 Å². The number of aryl methyl sites for hydroxylation is 1. The van der Waals surface area contributed by atoms with Crippen LogP contribution in [0.4, 0.5) is 0 Å². The summed E-state index contributed by atoms with van der Waals surface area (Å²) in [6, 6.07) is 10.4. The summed E-state index contributed by atoms with van der Waals surface area (Å²) in [4.78, 5) is 8.96. The molecule has 0 fully saturated rings. The van der Waals surface area contributed by atoms with Crippen molar-refractivity contribution in [3.63, 3.8) is 0 Å². The zero-order chi connectivity index (χ0) is 11.7. The molecule has 1 aromatic heterocycles. The molecule has 1 aliphatic rings. The summed E-state index contributed by atoms with van der Waals surface area (Å²) in [5.74, 6) is 1.12. The van der Waals surface area contributed by atoms with Crippen molar-refractivity contribution >= 4 is 6.21 Å². The summed E-state index contributed by atoms with van der Waals surface area (Å²) in [7, 11) is 0. The van der Waals surface area contributed by atoms with Crippen molar-refractivity contribution in [1.29, 1.82) is 0 Å². The smallest absolute Gasteiger partial charge is 0.113 e. The standard InChI is InChI=1S/C14H15N3/c1-2-14-16-12-10-15-9-8-13(12)17(14)11-6-4-3-5-7-11/h3-7,10H,2,8-9H2,1H3. The van der Waals surface area contributed by atoms with Crippen molar-refractivity contribution in [1.82, 2.24) is 9.55 Å². The largest absolute Gasteiger partial charge is 0.300 e. The second-order valence-electron chi connectivity index (χ2n) is 4.17. The van der Waals surface area contributed by atoms with Crippen molar-refractivity contribution in [2.45, 2.75) is 19.8 Å². The van der Waals surface area contributed by atoms with Crippen molar-refractivity contribution in [2.24, 2.45) is 4.99 Å². The van der Waals surface area contributed by atoms with Crippen LogP contribution in [0.2, 0.25) is 0 Å². The molecule has 86 valence electrons. The third kappa shape index (κ3) is 1.68. The topological polar surface area (TPSA) is 30.2 Å². The van der Waals surface area contributed by atoms with Crippen molar-refractivity contribution in [2.75, 3.05) is 6.54 Å². The third-order valence-electron chi connectivity index (χ3n) is 3.10. The molecular formula is C14H15N3. The molecule has 3 heteroatoms. The lowest BCUT2D eigenvalue weighted by molar-refractivity contribution is 0.821. The number of hydrogen-bond donors (Lipinski definition) is 0. The Bertz CT molecular complexity index is 552. The van der Waals surface area contributed by atoms with Crippen LogP contribution in [0, 0.1) is 0 Å². The van der Waals surface area contributed by atoms with E-state index in [0.29, 0.717) is 0 Å². The fraction of sp³-hybridized carbons (Fsp3) is 0.286.